The van der Waals surface area contributed by atoms with Gasteiger partial charge in [-0.3, -0.25) is 0 Å². The summed E-state index contributed by atoms with van der Waals surface area (Å²) in [4.78, 5) is 8.72. The van der Waals surface area contributed by atoms with E-state index in [9.17, 15) is 0 Å². The van der Waals surface area contributed by atoms with Crippen LogP contribution < -0.4 is 10.1 Å². The molecule has 18 heavy (non-hydrogen) atoms. The van der Waals surface area contributed by atoms with Crippen molar-refractivity contribution in [2.75, 3.05) is 13.1 Å². The molecule has 0 spiro atoms. The highest BCUT2D eigenvalue weighted by molar-refractivity contribution is 5.41. The van der Waals surface area contributed by atoms with Gasteiger partial charge in [-0.1, -0.05) is 0 Å². The van der Waals surface area contributed by atoms with Gasteiger partial charge in [0, 0.05) is 6.54 Å². The molecular formula is C12H17N5O. The minimum atomic E-state index is 0.228. The van der Waals surface area contributed by atoms with E-state index in [4.69, 9.17) is 4.74 Å². The molecule has 1 aliphatic heterocycles. The molecule has 0 aliphatic carbocycles. The fraction of sp³-hybridized carbons (Fsp3) is 0.583. The van der Waals surface area contributed by atoms with E-state index in [0.717, 1.165) is 42.5 Å². The Morgan fingerprint density at radius 3 is 2.83 bits per heavy atom. The first kappa shape index (κ1) is 11.4. The Labute approximate surface area is 105 Å². The zero-order valence-electron chi connectivity index (χ0n) is 10.9. The molecule has 0 aromatic carbocycles. The lowest BCUT2D eigenvalue weighted by Crippen LogP contribution is -2.21. The van der Waals surface area contributed by atoms with E-state index in [1.165, 1.54) is 0 Å². The topological polar surface area (TPSA) is 64.3 Å². The van der Waals surface area contributed by atoms with E-state index < -0.39 is 0 Å². The van der Waals surface area contributed by atoms with Gasteiger partial charge in [-0.15, -0.1) is 5.10 Å². The Morgan fingerprint density at radius 2 is 2.11 bits per heavy atom. The van der Waals surface area contributed by atoms with Crippen LogP contribution in [-0.4, -0.2) is 38.8 Å². The molecule has 6 nitrogen and oxygen atoms in total. The SMILES string of the molecule is Cc1nc2nc(C)c(OC3CCNC3)c(C)n2n1. The third-order valence-electron chi connectivity index (χ3n) is 3.24. The van der Waals surface area contributed by atoms with Gasteiger partial charge in [0.1, 0.15) is 11.9 Å². The fourth-order valence-electron chi connectivity index (χ4n) is 2.33. The molecule has 1 aliphatic rings. The van der Waals surface area contributed by atoms with Crippen LogP contribution in [0.4, 0.5) is 0 Å². The zero-order valence-corrected chi connectivity index (χ0v) is 10.9. The number of rotatable bonds is 2. The molecule has 0 radical (unpaired) electrons. The average Bonchev–Trinajstić information content (AvgIpc) is 2.93. The molecule has 1 atom stereocenters. The van der Waals surface area contributed by atoms with Crippen LogP contribution in [0.1, 0.15) is 23.6 Å². The van der Waals surface area contributed by atoms with Gasteiger partial charge in [0.05, 0.1) is 11.4 Å². The molecule has 0 bridgehead atoms. The molecule has 2 aromatic rings. The van der Waals surface area contributed by atoms with Crippen LogP contribution in [0.2, 0.25) is 0 Å². The van der Waals surface area contributed by atoms with Crippen LogP contribution in [0.3, 0.4) is 0 Å². The second-order valence-corrected chi connectivity index (χ2v) is 4.72. The Kier molecular flexibility index (Phi) is 2.66. The molecular weight excluding hydrogens is 230 g/mol. The summed E-state index contributed by atoms with van der Waals surface area (Å²) in [5.74, 6) is 2.20. The monoisotopic (exact) mass is 247 g/mol. The quantitative estimate of drug-likeness (QED) is 0.850. The molecule has 2 aromatic heterocycles. The normalized spacial score (nSPS) is 19.6. The fourth-order valence-corrected chi connectivity index (χ4v) is 2.33. The van der Waals surface area contributed by atoms with Gasteiger partial charge in [-0.2, -0.15) is 9.50 Å². The number of hydrogen-bond donors (Lipinski definition) is 1. The molecule has 1 fully saturated rings. The van der Waals surface area contributed by atoms with E-state index in [1.807, 2.05) is 20.8 Å². The Hall–Kier alpha value is -1.69. The summed E-state index contributed by atoms with van der Waals surface area (Å²) in [7, 11) is 0. The van der Waals surface area contributed by atoms with Crippen molar-refractivity contribution in [3.05, 3.63) is 17.2 Å². The second-order valence-electron chi connectivity index (χ2n) is 4.72. The van der Waals surface area contributed by atoms with Crippen molar-refractivity contribution in [3.63, 3.8) is 0 Å². The maximum absolute atomic E-state index is 6.04. The third-order valence-corrected chi connectivity index (χ3v) is 3.24. The molecule has 3 heterocycles. The highest BCUT2D eigenvalue weighted by Crippen LogP contribution is 2.24. The lowest BCUT2D eigenvalue weighted by atomic mass is 10.3. The van der Waals surface area contributed by atoms with Gasteiger partial charge in [0.25, 0.3) is 5.78 Å². The van der Waals surface area contributed by atoms with E-state index in [2.05, 4.69) is 20.4 Å². The standard InChI is InChI=1S/C12H17N5O/c1-7-11(18-10-4-5-13-6-10)8(2)17-12(14-7)15-9(3)16-17/h10,13H,4-6H2,1-3H3. The molecule has 1 saturated heterocycles. The molecule has 6 heteroatoms. The van der Waals surface area contributed by atoms with E-state index >= 15 is 0 Å². The number of nitrogens with one attached hydrogen (secondary N) is 1. The van der Waals surface area contributed by atoms with Gasteiger partial charge in [0.15, 0.2) is 5.75 Å². The van der Waals surface area contributed by atoms with Crippen LogP contribution in [0.25, 0.3) is 5.78 Å². The molecule has 96 valence electrons. The number of nitrogens with zero attached hydrogens (tertiary/aromatic N) is 4. The van der Waals surface area contributed by atoms with Crippen molar-refractivity contribution in [2.24, 2.45) is 0 Å². The van der Waals surface area contributed by atoms with E-state index in [-0.39, 0.29) is 6.10 Å². The van der Waals surface area contributed by atoms with Crippen molar-refractivity contribution in [1.29, 1.82) is 0 Å². The Bertz CT molecular complexity index is 586. The summed E-state index contributed by atoms with van der Waals surface area (Å²) in [6, 6.07) is 0. The van der Waals surface area contributed by atoms with E-state index in [0.29, 0.717) is 5.78 Å². The highest BCUT2D eigenvalue weighted by Gasteiger charge is 2.20. The first-order chi connectivity index (χ1) is 8.65. The van der Waals surface area contributed by atoms with Crippen LogP contribution >= 0.6 is 0 Å². The number of fused-ring (bicyclic) bond motifs is 1. The minimum Gasteiger partial charge on any atom is -0.485 e. The van der Waals surface area contributed by atoms with Gasteiger partial charge in [-0.25, -0.2) is 4.98 Å². The third kappa shape index (κ3) is 1.82. The molecule has 0 amide bonds. The van der Waals surface area contributed by atoms with Crippen molar-refractivity contribution in [3.8, 4) is 5.75 Å². The Balaban J connectivity index is 2.04. The smallest absolute Gasteiger partial charge is 0.253 e. The van der Waals surface area contributed by atoms with Gasteiger partial charge >= 0.3 is 0 Å². The Morgan fingerprint density at radius 1 is 1.28 bits per heavy atom. The largest absolute Gasteiger partial charge is 0.485 e. The van der Waals surface area contributed by atoms with Gasteiger partial charge in [-0.05, 0) is 33.7 Å². The molecule has 1 N–H and O–H groups in total. The lowest BCUT2D eigenvalue weighted by Gasteiger charge is -2.16. The average molecular weight is 247 g/mol. The summed E-state index contributed by atoms with van der Waals surface area (Å²) in [5, 5.41) is 7.63. The number of ether oxygens (including phenoxy) is 1. The summed E-state index contributed by atoms with van der Waals surface area (Å²) in [6.07, 6.45) is 1.26. The molecule has 0 saturated carbocycles. The van der Waals surface area contributed by atoms with Crippen LogP contribution in [0.5, 0.6) is 5.75 Å². The first-order valence-corrected chi connectivity index (χ1v) is 6.23. The molecule has 1 unspecified atom stereocenters. The zero-order chi connectivity index (χ0) is 12.7. The lowest BCUT2D eigenvalue weighted by molar-refractivity contribution is 0.217. The summed E-state index contributed by atoms with van der Waals surface area (Å²) in [6.45, 7) is 7.72. The van der Waals surface area contributed by atoms with Gasteiger partial charge < -0.3 is 10.1 Å². The second kappa shape index (κ2) is 4.20. The maximum Gasteiger partial charge on any atom is 0.253 e. The maximum atomic E-state index is 6.04. The van der Waals surface area contributed by atoms with Crippen LogP contribution in [0.15, 0.2) is 0 Å². The van der Waals surface area contributed by atoms with E-state index in [1.54, 1.807) is 4.52 Å². The van der Waals surface area contributed by atoms with Crippen LogP contribution in [-0.2, 0) is 0 Å². The number of hydrogen-bond acceptors (Lipinski definition) is 5. The van der Waals surface area contributed by atoms with Crippen molar-refractivity contribution in [2.45, 2.75) is 33.3 Å². The summed E-state index contributed by atoms with van der Waals surface area (Å²) >= 11 is 0. The number of aryl methyl sites for hydroxylation is 3. The predicted molar refractivity (Wildman–Crippen MR) is 66.9 cm³/mol. The predicted octanol–water partition coefficient (Wildman–Crippen LogP) is 0.790. The summed E-state index contributed by atoms with van der Waals surface area (Å²) < 4.78 is 7.79. The molecule has 3 rings (SSSR count). The van der Waals surface area contributed by atoms with Gasteiger partial charge in [0.2, 0.25) is 0 Å². The van der Waals surface area contributed by atoms with Crippen molar-refractivity contribution < 1.29 is 4.74 Å². The van der Waals surface area contributed by atoms with Crippen molar-refractivity contribution >= 4 is 5.78 Å². The van der Waals surface area contributed by atoms with Crippen molar-refractivity contribution in [1.82, 2.24) is 24.9 Å². The highest BCUT2D eigenvalue weighted by atomic mass is 16.5. The minimum absolute atomic E-state index is 0.228. The summed E-state index contributed by atoms with van der Waals surface area (Å²) in [5.41, 5.74) is 1.84. The first-order valence-electron chi connectivity index (χ1n) is 6.23. The number of aromatic nitrogens is 4. The van der Waals surface area contributed by atoms with Crippen LogP contribution in [0, 0.1) is 20.8 Å².